The number of nitrogens with zero attached hydrogens (tertiary/aromatic N) is 1. The lowest BCUT2D eigenvalue weighted by Gasteiger charge is -2.21. The molecule has 1 rings (SSSR count). The highest BCUT2D eigenvalue weighted by Gasteiger charge is 2.18. The van der Waals surface area contributed by atoms with Gasteiger partial charge in [-0.2, -0.15) is 11.8 Å². The average Bonchev–Trinajstić information content (AvgIpc) is 2.38. The Labute approximate surface area is 122 Å². The second-order valence-electron chi connectivity index (χ2n) is 4.32. The Morgan fingerprint density at radius 3 is 2.84 bits per heavy atom. The summed E-state index contributed by atoms with van der Waals surface area (Å²) in [5.74, 6) is 0.326. The third-order valence-electron chi connectivity index (χ3n) is 2.75. The number of hydrogen-bond donors (Lipinski definition) is 1. The number of likely N-dealkylation sites (N-methyl/N-ethyl adjacent to an activating group) is 1. The van der Waals surface area contributed by atoms with Gasteiger partial charge in [-0.15, -0.1) is 0 Å². The molecule has 1 aromatic carbocycles. The van der Waals surface area contributed by atoms with Crippen molar-refractivity contribution in [3.8, 4) is 0 Å². The molecule has 0 aromatic heterocycles. The second kappa shape index (κ2) is 7.72. The van der Waals surface area contributed by atoms with Gasteiger partial charge in [-0.05, 0) is 36.1 Å². The van der Waals surface area contributed by atoms with E-state index in [1.807, 2.05) is 6.26 Å². The van der Waals surface area contributed by atoms with E-state index in [-0.39, 0.29) is 11.7 Å². The monoisotopic (exact) mass is 304 g/mol. The van der Waals surface area contributed by atoms with Crippen LogP contribution in [0.2, 0.25) is 5.02 Å². The van der Waals surface area contributed by atoms with Crippen LogP contribution < -0.4 is 5.73 Å². The van der Waals surface area contributed by atoms with Crippen molar-refractivity contribution in [3.63, 3.8) is 0 Å². The topological polar surface area (TPSA) is 46.3 Å². The Morgan fingerprint density at radius 1 is 1.58 bits per heavy atom. The van der Waals surface area contributed by atoms with E-state index in [1.165, 1.54) is 17.0 Å². The summed E-state index contributed by atoms with van der Waals surface area (Å²) >= 11 is 7.58. The van der Waals surface area contributed by atoms with Crippen LogP contribution in [0.25, 0.3) is 0 Å². The number of halogens is 2. The Kier molecular flexibility index (Phi) is 6.62. The maximum absolute atomic E-state index is 12.9. The number of carbonyl (C=O) groups is 1. The maximum Gasteiger partial charge on any atom is 0.239 e. The molecule has 0 aliphatic rings. The maximum atomic E-state index is 12.9. The zero-order chi connectivity index (χ0) is 14.4. The fourth-order valence-electron chi connectivity index (χ4n) is 1.63. The van der Waals surface area contributed by atoms with Gasteiger partial charge in [-0.3, -0.25) is 4.79 Å². The van der Waals surface area contributed by atoms with E-state index >= 15 is 0 Å². The Morgan fingerprint density at radius 2 is 2.26 bits per heavy atom. The Bertz CT molecular complexity index is 445. The van der Waals surface area contributed by atoms with Crippen LogP contribution in [-0.4, -0.2) is 35.9 Å². The van der Waals surface area contributed by atoms with Gasteiger partial charge < -0.3 is 10.6 Å². The minimum Gasteiger partial charge on any atom is -0.340 e. The lowest BCUT2D eigenvalue weighted by atomic mass is 10.1. The van der Waals surface area contributed by atoms with Crippen molar-refractivity contribution in [2.75, 3.05) is 19.1 Å². The van der Waals surface area contributed by atoms with Crippen molar-refractivity contribution in [3.05, 3.63) is 34.6 Å². The van der Waals surface area contributed by atoms with Gasteiger partial charge in [0.15, 0.2) is 0 Å². The molecule has 6 heteroatoms. The Balaban J connectivity index is 2.63. The molecule has 0 heterocycles. The van der Waals surface area contributed by atoms with Crippen LogP contribution in [0.4, 0.5) is 4.39 Å². The molecule has 3 nitrogen and oxygen atoms in total. The van der Waals surface area contributed by atoms with Gasteiger partial charge in [0.25, 0.3) is 0 Å². The lowest BCUT2D eigenvalue weighted by Crippen LogP contribution is -2.41. The molecule has 106 valence electrons. The van der Waals surface area contributed by atoms with Gasteiger partial charge in [0.1, 0.15) is 5.82 Å². The van der Waals surface area contributed by atoms with Crippen molar-refractivity contribution in [2.45, 2.75) is 19.0 Å². The highest BCUT2D eigenvalue weighted by atomic mass is 35.5. The van der Waals surface area contributed by atoms with Crippen molar-refractivity contribution in [1.82, 2.24) is 4.90 Å². The number of amides is 1. The second-order valence-corrected chi connectivity index (χ2v) is 5.71. The van der Waals surface area contributed by atoms with Gasteiger partial charge in [0.05, 0.1) is 6.04 Å². The summed E-state index contributed by atoms with van der Waals surface area (Å²) in [4.78, 5) is 13.5. The summed E-state index contributed by atoms with van der Waals surface area (Å²) in [6.07, 6.45) is 2.61. The molecular formula is C13H18ClFN2OS. The van der Waals surface area contributed by atoms with Crippen LogP contribution in [0.1, 0.15) is 12.0 Å². The fraction of sp³-hybridized carbons (Fsp3) is 0.462. The fourth-order valence-corrected chi connectivity index (χ4v) is 2.35. The molecule has 0 saturated heterocycles. The number of thioether (sulfide) groups is 1. The van der Waals surface area contributed by atoms with E-state index in [1.54, 1.807) is 24.9 Å². The summed E-state index contributed by atoms with van der Waals surface area (Å²) < 4.78 is 12.9. The summed E-state index contributed by atoms with van der Waals surface area (Å²) in [7, 11) is 1.67. The first-order valence-corrected chi connectivity index (χ1v) is 7.66. The van der Waals surface area contributed by atoms with Crippen molar-refractivity contribution >= 4 is 29.3 Å². The van der Waals surface area contributed by atoms with Gasteiger partial charge in [0, 0.05) is 18.6 Å². The van der Waals surface area contributed by atoms with Crippen LogP contribution in [0.15, 0.2) is 18.2 Å². The minimum absolute atomic E-state index is 0.130. The van der Waals surface area contributed by atoms with Crippen LogP contribution in [0.5, 0.6) is 0 Å². The van der Waals surface area contributed by atoms with Gasteiger partial charge >= 0.3 is 0 Å². The molecule has 0 radical (unpaired) electrons. The zero-order valence-electron chi connectivity index (χ0n) is 11.0. The zero-order valence-corrected chi connectivity index (χ0v) is 12.6. The van der Waals surface area contributed by atoms with Crippen molar-refractivity contribution in [1.29, 1.82) is 0 Å². The molecule has 0 saturated carbocycles. The summed E-state index contributed by atoms with van der Waals surface area (Å²) in [6, 6.07) is 3.64. The third-order valence-corrected chi connectivity index (χ3v) is 3.74. The largest absolute Gasteiger partial charge is 0.340 e. The van der Waals surface area contributed by atoms with E-state index in [4.69, 9.17) is 17.3 Å². The molecule has 0 fully saturated rings. The highest BCUT2D eigenvalue weighted by Crippen LogP contribution is 2.19. The molecule has 0 aliphatic heterocycles. The van der Waals surface area contributed by atoms with Gasteiger partial charge in [0.2, 0.25) is 5.91 Å². The number of nitrogens with two attached hydrogens (primary N) is 1. The van der Waals surface area contributed by atoms with Crippen LogP contribution in [0.3, 0.4) is 0 Å². The number of benzene rings is 1. The molecule has 0 spiro atoms. The molecule has 2 N–H and O–H groups in total. The molecule has 0 bridgehead atoms. The lowest BCUT2D eigenvalue weighted by molar-refractivity contribution is -0.131. The van der Waals surface area contributed by atoms with E-state index in [0.717, 1.165) is 5.75 Å². The normalized spacial score (nSPS) is 12.3. The molecule has 1 aromatic rings. The molecule has 19 heavy (non-hydrogen) atoms. The first kappa shape index (κ1) is 16.3. The molecule has 0 unspecified atom stereocenters. The smallest absolute Gasteiger partial charge is 0.239 e. The van der Waals surface area contributed by atoms with Crippen molar-refractivity contribution < 1.29 is 9.18 Å². The van der Waals surface area contributed by atoms with E-state index in [9.17, 15) is 9.18 Å². The third kappa shape index (κ3) is 5.01. The number of carbonyl (C=O) groups excluding carboxylic acids is 1. The SMILES string of the molecule is CSCC[C@@H](N)C(=O)N(C)Cc1ccc(F)cc1Cl. The quantitative estimate of drug-likeness (QED) is 0.878. The minimum atomic E-state index is -0.503. The van der Waals surface area contributed by atoms with Gasteiger partial charge in [-0.1, -0.05) is 17.7 Å². The predicted octanol–water partition coefficient (Wildman–Crippen LogP) is 2.52. The van der Waals surface area contributed by atoms with E-state index in [2.05, 4.69) is 0 Å². The first-order chi connectivity index (χ1) is 8.95. The molecule has 1 atom stereocenters. The van der Waals surface area contributed by atoms with Crippen LogP contribution in [-0.2, 0) is 11.3 Å². The molecule has 0 aliphatic carbocycles. The predicted molar refractivity (Wildman–Crippen MR) is 78.9 cm³/mol. The standard InChI is InChI=1S/C13H18ClFN2OS/c1-17(13(18)12(16)5-6-19-2)8-9-3-4-10(15)7-11(9)14/h3-4,7,12H,5-6,8,16H2,1-2H3/t12-/m1/s1. The number of hydrogen-bond acceptors (Lipinski definition) is 3. The summed E-state index contributed by atoms with van der Waals surface area (Å²) in [5, 5.41) is 0.317. The number of rotatable bonds is 6. The van der Waals surface area contributed by atoms with Gasteiger partial charge in [-0.25, -0.2) is 4.39 Å². The highest BCUT2D eigenvalue weighted by molar-refractivity contribution is 7.98. The molecule has 1 amide bonds. The van der Waals surface area contributed by atoms with E-state index < -0.39 is 6.04 Å². The summed E-state index contributed by atoms with van der Waals surface area (Å²) in [5.41, 5.74) is 6.53. The summed E-state index contributed by atoms with van der Waals surface area (Å²) in [6.45, 7) is 0.324. The Hall–Kier alpha value is -0.780. The molecular weight excluding hydrogens is 287 g/mol. The van der Waals surface area contributed by atoms with Crippen LogP contribution in [0, 0.1) is 5.82 Å². The van der Waals surface area contributed by atoms with Crippen molar-refractivity contribution in [2.24, 2.45) is 5.73 Å². The first-order valence-electron chi connectivity index (χ1n) is 5.89. The van der Waals surface area contributed by atoms with E-state index in [0.29, 0.717) is 23.6 Å². The average molecular weight is 305 g/mol. The van der Waals surface area contributed by atoms with Crippen LogP contribution >= 0.6 is 23.4 Å².